The van der Waals surface area contributed by atoms with E-state index in [1.807, 2.05) is 0 Å². The van der Waals surface area contributed by atoms with Crippen molar-refractivity contribution in [2.24, 2.45) is 0 Å². The summed E-state index contributed by atoms with van der Waals surface area (Å²) in [6, 6.07) is 0. The molecule has 1 nitrogen and oxygen atoms in total. The van der Waals surface area contributed by atoms with Crippen molar-refractivity contribution in [3.63, 3.8) is 0 Å². The molecule has 0 bridgehead atoms. The Balaban J connectivity index is 1.90. The molecule has 2 rings (SSSR count). The van der Waals surface area contributed by atoms with E-state index in [-0.39, 0.29) is 0 Å². The highest BCUT2D eigenvalue weighted by Gasteiger charge is 2.30. The molecule has 2 fully saturated rings. The fraction of sp³-hybridized carbons (Fsp3) is 0.750. The zero-order chi connectivity index (χ0) is 13.5. The van der Waals surface area contributed by atoms with E-state index in [0.717, 1.165) is 11.1 Å². The van der Waals surface area contributed by atoms with Gasteiger partial charge >= 0.3 is 0 Å². The molecule has 0 saturated heterocycles. The Morgan fingerprint density at radius 3 is 1.37 bits per heavy atom. The predicted octanol–water partition coefficient (Wildman–Crippen LogP) is 4.57. The minimum atomic E-state index is -1.19. The third-order valence-corrected chi connectivity index (χ3v) is 11.6. The van der Waals surface area contributed by atoms with Crippen LogP contribution in [0.5, 0.6) is 0 Å². The molecule has 2 unspecified atom stereocenters. The van der Waals surface area contributed by atoms with Gasteiger partial charge in [0, 0.05) is 0 Å². The summed E-state index contributed by atoms with van der Waals surface area (Å²) in [4.78, 5) is 0. The second kappa shape index (κ2) is 8.23. The van der Waals surface area contributed by atoms with Crippen LogP contribution in [0, 0.1) is 0 Å². The Morgan fingerprint density at radius 1 is 0.684 bits per heavy atom. The van der Waals surface area contributed by atoms with Gasteiger partial charge in [0.25, 0.3) is 0 Å². The van der Waals surface area contributed by atoms with Crippen LogP contribution in [0.1, 0.15) is 64.2 Å². The fourth-order valence-corrected chi connectivity index (χ4v) is 11.0. The molecule has 0 aliphatic heterocycles. The van der Waals surface area contributed by atoms with Crippen molar-refractivity contribution in [2.45, 2.75) is 75.3 Å². The van der Waals surface area contributed by atoms with E-state index in [1.54, 1.807) is 0 Å². The van der Waals surface area contributed by atoms with Crippen molar-refractivity contribution in [3.8, 4) is 0 Å². The van der Waals surface area contributed by atoms with Crippen molar-refractivity contribution in [1.29, 1.82) is 0 Å². The molecule has 3 heteroatoms. The van der Waals surface area contributed by atoms with Gasteiger partial charge in [-0.1, -0.05) is 75.6 Å². The Morgan fingerprint density at radius 2 is 1.05 bits per heavy atom. The summed E-state index contributed by atoms with van der Waals surface area (Å²) in [5.41, 5.74) is 6.15. The number of rotatable bonds is 6. The van der Waals surface area contributed by atoms with Crippen LogP contribution in [-0.2, 0) is 4.12 Å². The van der Waals surface area contributed by atoms with E-state index < -0.39 is 18.1 Å². The molecule has 0 aromatic heterocycles. The molecule has 0 heterocycles. The zero-order valence-electron chi connectivity index (χ0n) is 12.4. The molecule has 108 valence electrons. The zero-order valence-corrected chi connectivity index (χ0v) is 14.7. The van der Waals surface area contributed by atoms with Gasteiger partial charge in [-0.25, -0.2) is 0 Å². The third kappa shape index (κ3) is 4.43. The predicted molar refractivity (Wildman–Crippen MR) is 89.4 cm³/mol. The molecule has 2 aliphatic carbocycles. The Labute approximate surface area is 122 Å². The quantitative estimate of drug-likeness (QED) is 0.652. The van der Waals surface area contributed by atoms with Gasteiger partial charge in [-0.2, -0.15) is 0 Å². The van der Waals surface area contributed by atoms with Crippen molar-refractivity contribution >= 4 is 18.1 Å². The molecule has 2 atom stereocenters. The second-order valence-electron chi connectivity index (χ2n) is 6.33. The van der Waals surface area contributed by atoms with Gasteiger partial charge in [0.15, 0.2) is 18.1 Å². The molecule has 0 aromatic carbocycles. The summed E-state index contributed by atoms with van der Waals surface area (Å²) in [6.07, 6.45) is 14.1. The molecule has 2 aliphatic rings. The average molecular weight is 295 g/mol. The van der Waals surface area contributed by atoms with Gasteiger partial charge in [0.2, 0.25) is 0 Å². The van der Waals surface area contributed by atoms with Crippen molar-refractivity contribution in [3.05, 3.63) is 24.6 Å². The van der Waals surface area contributed by atoms with Crippen molar-refractivity contribution in [1.82, 2.24) is 0 Å². The molecule has 19 heavy (non-hydrogen) atoms. The number of hydrogen-bond donors (Lipinski definition) is 0. The Bertz CT molecular complexity index is 252. The first-order chi connectivity index (χ1) is 9.35. The molecule has 0 aromatic rings. The standard InChI is InChI=1S/C16H30OSi2/c1-3-18(15-11-7-5-8-12-15)17-19(4-2)16-13-9-6-10-14-16/h3-4,15-16,18-19H,1-2,5-14H2. The SMILES string of the molecule is C=C[SiH](O[SiH](C=C)C1CCCCC1)C1CCCCC1. The second-order valence-corrected chi connectivity index (χ2v) is 12.1. The van der Waals surface area contributed by atoms with Gasteiger partial charge in [-0.05, 0) is 11.1 Å². The summed E-state index contributed by atoms with van der Waals surface area (Å²) in [5.74, 6) is 0. The lowest BCUT2D eigenvalue weighted by atomic mass is 10.0. The Kier molecular flexibility index (Phi) is 6.61. The van der Waals surface area contributed by atoms with E-state index in [4.69, 9.17) is 4.12 Å². The summed E-state index contributed by atoms with van der Waals surface area (Å²) in [6.45, 7) is 8.19. The topological polar surface area (TPSA) is 9.23 Å². The highest BCUT2D eigenvalue weighted by molar-refractivity contribution is 6.72. The maximum Gasteiger partial charge on any atom is 0.190 e. The van der Waals surface area contributed by atoms with Gasteiger partial charge < -0.3 is 4.12 Å². The van der Waals surface area contributed by atoms with Gasteiger partial charge in [0.05, 0.1) is 0 Å². The molecule has 0 spiro atoms. The summed E-state index contributed by atoms with van der Waals surface area (Å²) >= 11 is 0. The van der Waals surface area contributed by atoms with Crippen LogP contribution in [0.15, 0.2) is 24.6 Å². The normalized spacial score (nSPS) is 25.7. The lowest BCUT2D eigenvalue weighted by molar-refractivity contribution is 0.437. The van der Waals surface area contributed by atoms with Crippen LogP contribution < -0.4 is 0 Å². The first kappa shape index (κ1) is 15.3. The smallest absolute Gasteiger partial charge is 0.190 e. The molecule has 2 saturated carbocycles. The van der Waals surface area contributed by atoms with Crippen LogP contribution in [0.2, 0.25) is 11.1 Å². The largest absolute Gasteiger partial charge is 0.453 e. The van der Waals surface area contributed by atoms with Crippen LogP contribution in [0.25, 0.3) is 0 Å². The van der Waals surface area contributed by atoms with Crippen LogP contribution in [0.3, 0.4) is 0 Å². The lowest BCUT2D eigenvalue weighted by Crippen LogP contribution is -2.35. The van der Waals surface area contributed by atoms with Crippen molar-refractivity contribution < 1.29 is 4.12 Å². The van der Waals surface area contributed by atoms with E-state index in [9.17, 15) is 0 Å². The first-order valence-corrected chi connectivity index (χ1v) is 11.9. The van der Waals surface area contributed by atoms with Gasteiger partial charge in [-0.3, -0.25) is 0 Å². The Hall–Kier alpha value is -0.126. The van der Waals surface area contributed by atoms with Gasteiger partial charge in [-0.15, -0.1) is 13.2 Å². The summed E-state index contributed by atoms with van der Waals surface area (Å²) in [5, 5.41) is 0. The molecular weight excluding hydrogens is 264 g/mol. The summed E-state index contributed by atoms with van der Waals surface area (Å²) < 4.78 is 6.67. The van der Waals surface area contributed by atoms with Crippen LogP contribution >= 0.6 is 0 Å². The van der Waals surface area contributed by atoms with Gasteiger partial charge in [0.1, 0.15) is 0 Å². The fourth-order valence-electron chi connectivity index (χ4n) is 3.83. The first-order valence-electron chi connectivity index (χ1n) is 8.25. The molecule has 0 radical (unpaired) electrons. The number of hydrogen-bond acceptors (Lipinski definition) is 1. The highest BCUT2D eigenvalue weighted by Crippen LogP contribution is 2.36. The minimum absolute atomic E-state index is 0.866. The van der Waals surface area contributed by atoms with E-state index in [0.29, 0.717) is 0 Å². The van der Waals surface area contributed by atoms with E-state index in [2.05, 4.69) is 24.6 Å². The average Bonchev–Trinajstić information content (AvgIpc) is 2.50. The van der Waals surface area contributed by atoms with E-state index in [1.165, 1.54) is 64.2 Å². The molecular formula is C16H30OSi2. The van der Waals surface area contributed by atoms with E-state index >= 15 is 0 Å². The maximum atomic E-state index is 6.67. The molecule has 0 N–H and O–H groups in total. The monoisotopic (exact) mass is 294 g/mol. The molecule has 0 amide bonds. The highest BCUT2D eigenvalue weighted by atomic mass is 28.4. The minimum Gasteiger partial charge on any atom is -0.453 e. The summed E-state index contributed by atoms with van der Waals surface area (Å²) in [7, 11) is -2.37. The lowest BCUT2D eigenvalue weighted by Gasteiger charge is -2.33. The van der Waals surface area contributed by atoms with Crippen LogP contribution in [-0.4, -0.2) is 18.1 Å². The third-order valence-electron chi connectivity index (χ3n) is 5.01. The van der Waals surface area contributed by atoms with Crippen molar-refractivity contribution in [2.75, 3.05) is 0 Å². The maximum absolute atomic E-state index is 6.67. The van der Waals surface area contributed by atoms with Crippen LogP contribution in [0.4, 0.5) is 0 Å².